The molecule has 0 spiro atoms. The third-order valence-electron chi connectivity index (χ3n) is 8.74. The van der Waals surface area contributed by atoms with E-state index in [0.29, 0.717) is 29.2 Å². The molecule has 2 aliphatic rings. The fraction of sp³-hybridized carbons (Fsp3) is 0.471. The summed E-state index contributed by atoms with van der Waals surface area (Å²) in [5, 5.41) is 32.0. The molecule has 4 N–H and O–H groups in total. The van der Waals surface area contributed by atoms with E-state index in [1.165, 1.54) is 16.7 Å². The monoisotopic (exact) mass is 650 g/mol. The van der Waals surface area contributed by atoms with Gasteiger partial charge >= 0.3 is 0 Å². The van der Waals surface area contributed by atoms with Gasteiger partial charge in [0, 0.05) is 34.8 Å². The van der Waals surface area contributed by atoms with E-state index < -0.39 is 46.8 Å². The number of aromatic nitrogens is 1. The first-order valence-electron chi connectivity index (χ1n) is 15.6. The number of aryl methyl sites for hydroxylation is 2. The van der Waals surface area contributed by atoms with Gasteiger partial charge in [-0.15, -0.1) is 11.8 Å². The summed E-state index contributed by atoms with van der Waals surface area (Å²) in [6.07, 6.45) is -1.79. The number of aliphatic hydroxyl groups excluding tert-OH is 2. The molecule has 0 unspecified atom stereocenters. The second-order valence-electron chi connectivity index (χ2n) is 12.4. The van der Waals surface area contributed by atoms with Crippen LogP contribution in [0.1, 0.15) is 61.4 Å². The SMILES string of the molecule is CCc1onc(C)c1CNC(=O)[C@H]1N(C(=O)[C@@H](O)C[C@H](Cc2ccccc2)C(=O)N[C@H]2c3ccccc3OC[C@H]2O)CSC1(C)C. The maximum atomic E-state index is 13.8. The maximum absolute atomic E-state index is 13.8. The van der Waals surface area contributed by atoms with Crippen LogP contribution in [0.5, 0.6) is 5.75 Å². The number of benzene rings is 2. The lowest BCUT2D eigenvalue weighted by molar-refractivity contribution is -0.147. The highest BCUT2D eigenvalue weighted by molar-refractivity contribution is 8.00. The summed E-state index contributed by atoms with van der Waals surface area (Å²) in [5.74, 6) is -0.674. The molecule has 12 heteroatoms. The molecule has 5 atom stereocenters. The van der Waals surface area contributed by atoms with E-state index in [-0.39, 0.29) is 37.8 Å². The van der Waals surface area contributed by atoms with Crippen molar-refractivity contribution in [1.82, 2.24) is 20.7 Å². The molecular weight excluding hydrogens is 608 g/mol. The normalized spacial score (nSPS) is 21.5. The minimum Gasteiger partial charge on any atom is -0.490 e. The van der Waals surface area contributed by atoms with Gasteiger partial charge in [-0.25, -0.2) is 0 Å². The quantitative estimate of drug-likeness (QED) is 0.245. The Morgan fingerprint density at radius 1 is 1.13 bits per heavy atom. The fourth-order valence-electron chi connectivity index (χ4n) is 6.16. The third kappa shape index (κ3) is 7.24. The van der Waals surface area contributed by atoms with Crippen molar-refractivity contribution in [2.45, 2.75) is 82.5 Å². The zero-order valence-corrected chi connectivity index (χ0v) is 27.4. The lowest BCUT2D eigenvalue weighted by Crippen LogP contribution is -2.55. The molecular formula is C34H42N4O7S. The molecule has 0 bridgehead atoms. The highest BCUT2D eigenvalue weighted by Gasteiger charge is 2.49. The molecule has 1 aromatic heterocycles. The number of ether oxygens (including phenoxy) is 1. The van der Waals surface area contributed by atoms with Gasteiger partial charge in [-0.3, -0.25) is 14.4 Å². The third-order valence-corrected chi connectivity index (χ3v) is 10.1. The van der Waals surface area contributed by atoms with E-state index in [9.17, 15) is 24.6 Å². The molecule has 3 aromatic rings. The number of aliphatic hydroxyl groups is 2. The van der Waals surface area contributed by atoms with Crippen LogP contribution < -0.4 is 15.4 Å². The van der Waals surface area contributed by atoms with Crippen LogP contribution in [0.25, 0.3) is 0 Å². The van der Waals surface area contributed by atoms with Gasteiger partial charge in [-0.05, 0) is 45.2 Å². The Bertz CT molecular complexity index is 1550. The second-order valence-corrected chi connectivity index (χ2v) is 14.0. The largest absolute Gasteiger partial charge is 0.490 e. The van der Waals surface area contributed by atoms with Crippen molar-refractivity contribution in [1.29, 1.82) is 0 Å². The standard InChI is InChI=1S/C34H42N4O7S/c1-5-27-24(20(2)37-45-27)17-35-32(42)30-34(3,4)46-19-38(30)33(43)25(39)16-22(15-21-11-7-6-8-12-21)31(41)36-29-23-13-9-10-14-28(23)44-18-26(29)40/h6-14,22,25-26,29-30,39-40H,5,15-19H2,1-4H3,(H,35,42)(H,36,41)/t22-,25-,26+,29-,30+/m0/s1. The molecule has 11 nitrogen and oxygen atoms in total. The van der Waals surface area contributed by atoms with Gasteiger partial charge in [0.05, 0.1) is 17.6 Å². The molecule has 0 saturated carbocycles. The van der Waals surface area contributed by atoms with Gasteiger partial charge in [0.15, 0.2) is 0 Å². The van der Waals surface area contributed by atoms with Crippen molar-refractivity contribution in [3.05, 3.63) is 82.7 Å². The number of rotatable bonds is 11. The topological polar surface area (TPSA) is 154 Å². The van der Waals surface area contributed by atoms with Gasteiger partial charge in [-0.2, -0.15) is 0 Å². The minimum absolute atomic E-state index is 0.0225. The van der Waals surface area contributed by atoms with Crippen molar-refractivity contribution in [3.8, 4) is 5.75 Å². The van der Waals surface area contributed by atoms with Crippen molar-refractivity contribution in [2.75, 3.05) is 12.5 Å². The van der Waals surface area contributed by atoms with E-state index >= 15 is 0 Å². The van der Waals surface area contributed by atoms with Crippen molar-refractivity contribution < 1.29 is 33.9 Å². The number of carbonyl (C=O) groups excluding carboxylic acids is 3. The minimum atomic E-state index is -1.54. The lowest BCUT2D eigenvalue weighted by Gasteiger charge is -2.33. The van der Waals surface area contributed by atoms with E-state index in [1.807, 2.05) is 64.1 Å². The summed E-state index contributed by atoms with van der Waals surface area (Å²) >= 11 is 1.45. The molecule has 1 saturated heterocycles. The van der Waals surface area contributed by atoms with Crippen LogP contribution in [0.15, 0.2) is 59.1 Å². The first-order chi connectivity index (χ1) is 22.0. The number of thioether (sulfide) groups is 1. The van der Waals surface area contributed by atoms with Crippen LogP contribution in [-0.4, -0.2) is 73.5 Å². The molecule has 0 radical (unpaired) electrons. The summed E-state index contributed by atoms with van der Waals surface area (Å²) in [4.78, 5) is 42.6. The average Bonchev–Trinajstić information content (AvgIpc) is 3.58. The van der Waals surface area contributed by atoms with Gasteiger partial charge in [0.2, 0.25) is 11.8 Å². The highest BCUT2D eigenvalue weighted by Crippen LogP contribution is 2.40. The zero-order valence-electron chi connectivity index (χ0n) is 26.6. The van der Waals surface area contributed by atoms with E-state index in [1.54, 1.807) is 18.2 Å². The number of nitrogens with zero attached hydrogens (tertiary/aromatic N) is 2. The number of fused-ring (bicyclic) bond motifs is 1. The van der Waals surface area contributed by atoms with Crippen LogP contribution >= 0.6 is 11.8 Å². The first kappa shape index (κ1) is 33.5. The fourth-order valence-corrected chi connectivity index (χ4v) is 7.30. The van der Waals surface area contributed by atoms with Gasteiger partial charge < -0.3 is 35.0 Å². The van der Waals surface area contributed by atoms with Crippen LogP contribution in [-0.2, 0) is 33.8 Å². The Hall–Kier alpha value is -3.87. The maximum Gasteiger partial charge on any atom is 0.252 e. The summed E-state index contributed by atoms with van der Waals surface area (Å²) in [6, 6.07) is 15.0. The Morgan fingerprint density at radius 3 is 2.59 bits per heavy atom. The molecule has 5 rings (SSSR count). The number of nitrogens with one attached hydrogen (secondary N) is 2. The number of hydrogen-bond donors (Lipinski definition) is 4. The Labute approximate surface area is 273 Å². The van der Waals surface area contributed by atoms with Crippen LogP contribution in [0, 0.1) is 12.8 Å². The van der Waals surface area contributed by atoms with Gasteiger partial charge in [-0.1, -0.05) is 60.6 Å². The number of carbonyl (C=O) groups is 3. The number of para-hydroxylation sites is 1. The van der Waals surface area contributed by atoms with Gasteiger partial charge in [0.1, 0.15) is 36.4 Å². The second kappa shape index (κ2) is 14.3. The van der Waals surface area contributed by atoms with Crippen molar-refractivity contribution in [2.24, 2.45) is 5.92 Å². The first-order valence-corrected chi connectivity index (χ1v) is 16.6. The Balaban J connectivity index is 1.32. The lowest BCUT2D eigenvalue weighted by atomic mass is 9.90. The summed E-state index contributed by atoms with van der Waals surface area (Å²) in [7, 11) is 0. The van der Waals surface area contributed by atoms with Crippen molar-refractivity contribution in [3.63, 3.8) is 0 Å². The average molecular weight is 651 g/mol. The predicted octanol–water partition coefficient (Wildman–Crippen LogP) is 3.06. The van der Waals surface area contributed by atoms with Crippen molar-refractivity contribution >= 4 is 29.5 Å². The smallest absolute Gasteiger partial charge is 0.252 e. The Morgan fingerprint density at radius 2 is 1.85 bits per heavy atom. The van der Waals surface area contributed by atoms with Crippen LogP contribution in [0.4, 0.5) is 0 Å². The predicted molar refractivity (Wildman–Crippen MR) is 173 cm³/mol. The molecule has 0 aliphatic carbocycles. The van der Waals surface area contributed by atoms with E-state index in [0.717, 1.165) is 11.1 Å². The summed E-state index contributed by atoms with van der Waals surface area (Å²) < 4.78 is 10.4. The van der Waals surface area contributed by atoms with Gasteiger partial charge in [0.25, 0.3) is 5.91 Å². The highest BCUT2D eigenvalue weighted by atomic mass is 32.2. The zero-order chi connectivity index (χ0) is 33.0. The summed E-state index contributed by atoms with van der Waals surface area (Å²) in [5.41, 5.74) is 3.02. The van der Waals surface area contributed by atoms with Crippen LogP contribution in [0.3, 0.4) is 0 Å². The van der Waals surface area contributed by atoms with E-state index in [2.05, 4.69) is 15.8 Å². The molecule has 1 fully saturated rings. The summed E-state index contributed by atoms with van der Waals surface area (Å²) in [6.45, 7) is 7.78. The molecule has 3 heterocycles. The molecule has 46 heavy (non-hydrogen) atoms. The number of hydrogen-bond acceptors (Lipinski definition) is 9. The Kier molecular flexibility index (Phi) is 10.4. The molecule has 3 amide bonds. The molecule has 2 aromatic carbocycles. The molecule has 246 valence electrons. The number of amides is 3. The molecule has 2 aliphatic heterocycles. The van der Waals surface area contributed by atoms with Crippen LogP contribution in [0.2, 0.25) is 0 Å². The van der Waals surface area contributed by atoms with E-state index in [4.69, 9.17) is 9.26 Å².